The van der Waals surface area contributed by atoms with Crippen LogP contribution in [0.2, 0.25) is 0 Å². The summed E-state index contributed by atoms with van der Waals surface area (Å²) in [6.07, 6.45) is 4.17. The highest BCUT2D eigenvalue weighted by Gasteiger charge is 2.37. The van der Waals surface area contributed by atoms with Crippen molar-refractivity contribution in [2.45, 2.75) is 51.0 Å². The molecular weight excluding hydrogens is 250 g/mol. The summed E-state index contributed by atoms with van der Waals surface area (Å²) in [6, 6.07) is 8.37. The first-order chi connectivity index (χ1) is 9.61. The summed E-state index contributed by atoms with van der Waals surface area (Å²) < 4.78 is 5.36. The Bertz CT molecular complexity index is 605. The van der Waals surface area contributed by atoms with Crippen LogP contribution < -0.4 is 5.73 Å². The van der Waals surface area contributed by atoms with Crippen molar-refractivity contribution in [3.05, 3.63) is 47.1 Å². The molecule has 1 unspecified atom stereocenters. The van der Waals surface area contributed by atoms with Crippen molar-refractivity contribution >= 4 is 0 Å². The number of hydrogen-bond donors (Lipinski definition) is 1. The Morgan fingerprint density at radius 1 is 1.25 bits per heavy atom. The van der Waals surface area contributed by atoms with Gasteiger partial charge in [0.15, 0.2) is 5.82 Å². The number of hydrogen-bond acceptors (Lipinski definition) is 4. The second-order valence-electron chi connectivity index (χ2n) is 5.95. The molecule has 0 spiro atoms. The fourth-order valence-corrected chi connectivity index (χ4v) is 2.91. The minimum atomic E-state index is -0.621. The number of benzene rings is 1. The maximum absolute atomic E-state index is 6.72. The summed E-state index contributed by atoms with van der Waals surface area (Å²) in [4.78, 5) is 4.54. The van der Waals surface area contributed by atoms with Crippen LogP contribution in [0.3, 0.4) is 0 Å². The van der Waals surface area contributed by atoms with Crippen molar-refractivity contribution in [1.82, 2.24) is 10.1 Å². The number of nitrogens with zero attached hydrogens (tertiary/aromatic N) is 2. The molecule has 3 rings (SSSR count). The van der Waals surface area contributed by atoms with Gasteiger partial charge in [0.05, 0.1) is 0 Å². The molecule has 1 aliphatic carbocycles. The summed E-state index contributed by atoms with van der Waals surface area (Å²) in [5, 5.41) is 4.16. The molecular formula is C16H21N3O. The molecule has 1 aliphatic rings. The molecule has 2 aromatic rings. The topological polar surface area (TPSA) is 64.9 Å². The number of fused-ring (bicyclic) bond motifs is 1. The summed E-state index contributed by atoms with van der Waals surface area (Å²) in [7, 11) is 0. The highest BCUT2D eigenvalue weighted by atomic mass is 16.5. The van der Waals surface area contributed by atoms with Gasteiger partial charge >= 0.3 is 0 Å². The number of nitrogens with two attached hydrogens (primary N) is 1. The molecule has 0 amide bonds. The molecule has 2 N–H and O–H groups in total. The van der Waals surface area contributed by atoms with Gasteiger partial charge in [-0.1, -0.05) is 49.7 Å². The molecule has 1 heterocycles. The Balaban J connectivity index is 2.09. The lowest BCUT2D eigenvalue weighted by atomic mass is 9.84. The summed E-state index contributed by atoms with van der Waals surface area (Å²) in [6.45, 7) is 4.09. The molecule has 0 bridgehead atoms. The predicted octanol–water partition coefficient (Wildman–Crippen LogP) is 3.12. The summed E-state index contributed by atoms with van der Waals surface area (Å²) in [5.74, 6) is 1.50. The monoisotopic (exact) mass is 271 g/mol. The summed E-state index contributed by atoms with van der Waals surface area (Å²) >= 11 is 0. The van der Waals surface area contributed by atoms with Crippen molar-refractivity contribution in [2.75, 3.05) is 0 Å². The molecule has 0 aliphatic heterocycles. The smallest absolute Gasteiger partial charge is 0.229 e. The minimum Gasteiger partial charge on any atom is -0.339 e. The molecule has 0 fully saturated rings. The average Bonchev–Trinajstić information content (AvgIpc) is 2.88. The molecule has 4 nitrogen and oxygen atoms in total. The van der Waals surface area contributed by atoms with Crippen LogP contribution in [0.4, 0.5) is 0 Å². The fourth-order valence-electron chi connectivity index (χ4n) is 2.91. The van der Waals surface area contributed by atoms with Crippen molar-refractivity contribution in [3.63, 3.8) is 0 Å². The van der Waals surface area contributed by atoms with Crippen molar-refractivity contribution in [3.8, 4) is 0 Å². The van der Waals surface area contributed by atoms with Gasteiger partial charge in [0.1, 0.15) is 5.54 Å². The highest BCUT2D eigenvalue weighted by molar-refractivity contribution is 5.39. The van der Waals surface area contributed by atoms with E-state index >= 15 is 0 Å². The average molecular weight is 271 g/mol. The van der Waals surface area contributed by atoms with Gasteiger partial charge in [0.2, 0.25) is 5.89 Å². The summed E-state index contributed by atoms with van der Waals surface area (Å²) in [5.41, 5.74) is 8.55. The number of rotatable bonds is 2. The zero-order valence-corrected chi connectivity index (χ0v) is 12.1. The number of aryl methyl sites for hydroxylation is 1. The maximum atomic E-state index is 6.72. The van der Waals surface area contributed by atoms with E-state index in [4.69, 9.17) is 10.3 Å². The molecule has 0 saturated carbocycles. The van der Waals surface area contributed by atoms with Gasteiger partial charge in [-0.25, -0.2) is 0 Å². The van der Waals surface area contributed by atoms with E-state index in [1.54, 1.807) is 0 Å². The van der Waals surface area contributed by atoms with Gasteiger partial charge in [-0.15, -0.1) is 0 Å². The van der Waals surface area contributed by atoms with Crippen molar-refractivity contribution in [2.24, 2.45) is 5.73 Å². The third-order valence-corrected chi connectivity index (χ3v) is 4.10. The van der Waals surface area contributed by atoms with Gasteiger partial charge in [-0.2, -0.15) is 4.98 Å². The second kappa shape index (κ2) is 5.02. The van der Waals surface area contributed by atoms with Crippen LogP contribution in [0.15, 0.2) is 28.8 Å². The largest absolute Gasteiger partial charge is 0.339 e. The van der Waals surface area contributed by atoms with Gasteiger partial charge in [-0.3, -0.25) is 0 Å². The van der Waals surface area contributed by atoms with Crippen molar-refractivity contribution in [1.29, 1.82) is 0 Å². The third-order valence-electron chi connectivity index (χ3n) is 4.10. The molecule has 1 aromatic carbocycles. The second-order valence-corrected chi connectivity index (χ2v) is 5.95. The molecule has 0 radical (unpaired) electrons. The highest BCUT2D eigenvalue weighted by Crippen LogP contribution is 2.36. The SMILES string of the molecule is CC(C)c1nc(C2(N)CCCCc3ccccc32)no1. The lowest BCUT2D eigenvalue weighted by molar-refractivity contribution is 0.346. The predicted molar refractivity (Wildman–Crippen MR) is 77.4 cm³/mol. The van der Waals surface area contributed by atoms with Crippen LogP contribution in [-0.2, 0) is 12.0 Å². The first-order valence-electron chi connectivity index (χ1n) is 7.32. The Labute approximate surface area is 119 Å². The van der Waals surface area contributed by atoms with E-state index in [-0.39, 0.29) is 5.92 Å². The minimum absolute atomic E-state index is 0.223. The van der Waals surface area contributed by atoms with E-state index in [0.29, 0.717) is 11.7 Å². The van der Waals surface area contributed by atoms with Crippen LogP contribution in [0.1, 0.15) is 61.9 Å². The molecule has 20 heavy (non-hydrogen) atoms. The van der Waals surface area contributed by atoms with Crippen LogP contribution in [0.5, 0.6) is 0 Å². The van der Waals surface area contributed by atoms with Gasteiger partial charge < -0.3 is 10.3 Å². The van der Waals surface area contributed by atoms with Crippen LogP contribution in [-0.4, -0.2) is 10.1 Å². The fraction of sp³-hybridized carbons (Fsp3) is 0.500. The Hall–Kier alpha value is -1.68. The molecule has 106 valence electrons. The van der Waals surface area contributed by atoms with Gasteiger partial charge in [0.25, 0.3) is 0 Å². The van der Waals surface area contributed by atoms with Gasteiger partial charge in [0, 0.05) is 5.92 Å². The van der Waals surface area contributed by atoms with E-state index in [1.165, 1.54) is 5.56 Å². The standard InChI is InChI=1S/C16H21N3O/c1-11(2)14-18-15(19-20-14)16(17)10-6-5-8-12-7-3-4-9-13(12)16/h3-4,7,9,11H,5-6,8,10,17H2,1-2H3. The van der Waals surface area contributed by atoms with Crippen LogP contribution in [0.25, 0.3) is 0 Å². The Morgan fingerprint density at radius 3 is 2.80 bits per heavy atom. The van der Waals surface area contributed by atoms with Gasteiger partial charge in [-0.05, 0) is 30.4 Å². The lowest BCUT2D eigenvalue weighted by Crippen LogP contribution is -2.39. The third kappa shape index (κ3) is 2.14. The molecule has 4 heteroatoms. The molecule has 0 saturated heterocycles. The van der Waals surface area contributed by atoms with E-state index in [1.807, 2.05) is 19.9 Å². The normalized spacial score (nSPS) is 22.6. The number of aromatic nitrogens is 2. The van der Waals surface area contributed by atoms with E-state index in [0.717, 1.165) is 31.2 Å². The zero-order chi connectivity index (χ0) is 14.2. The van der Waals surface area contributed by atoms with E-state index in [9.17, 15) is 0 Å². The van der Waals surface area contributed by atoms with Crippen LogP contribution in [0, 0.1) is 0 Å². The quantitative estimate of drug-likeness (QED) is 0.852. The lowest BCUT2D eigenvalue weighted by Gasteiger charge is -2.26. The Morgan fingerprint density at radius 2 is 2.05 bits per heavy atom. The first kappa shape index (κ1) is 13.3. The Kier molecular flexibility index (Phi) is 3.34. The van der Waals surface area contributed by atoms with Crippen LogP contribution >= 0.6 is 0 Å². The molecule has 1 atom stereocenters. The van der Waals surface area contributed by atoms with E-state index in [2.05, 4.69) is 28.3 Å². The maximum Gasteiger partial charge on any atom is 0.229 e. The zero-order valence-electron chi connectivity index (χ0n) is 12.1. The first-order valence-corrected chi connectivity index (χ1v) is 7.32. The molecule has 1 aromatic heterocycles. The van der Waals surface area contributed by atoms with Crippen molar-refractivity contribution < 1.29 is 4.52 Å². The van der Waals surface area contributed by atoms with E-state index < -0.39 is 5.54 Å².